The summed E-state index contributed by atoms with van der Waals surface area (Å²) in [4.78, 5) is 28.6. The van der Waals surface area contributed by atoms with Gasteiger partial charge in [0.1, 0.15) is 5.15 Å². The monoisotopic (exact) mass is 365 g/mol. The molecule has 0 bridgehead atoms. The van der Waals surface area contributed by atoms with Gasteiger partial charge in [-0.05, 0) is 18.2 Å². The Kier molecular flexibility index (Phi) is 3.89. The van der Waals surface area contributed by atoms with Crippen LogP contribution in [0.4, 0.5) is 0 Å². The van der Waals surface area contributed by atoms with Crippen LogP contribution in [0, 0.1) is 0 Å². The normalized spacial score (nSPS) is 11.1. The number of carboxylic acids is 1. The predicted octanol–water partition coefficient (Wildman–Crippen LogP) is 3.34. The quantitative estimate of drug-likeness (QED) is 0.563. The Morgan fingerprint density at radius 1 is 1.08 bits per heavy atom. The number of hydrogen-bond donors (Lipinski definition) is 1. The molecule has 26 heavy (non-hydrogen) atoms. The molecule has 0 atom stereocenters. The van der Waals surface area contributed by atoms with Crippen molar-refractivity contribution in [3.8, 4) is 0 Å². The number of pyridine rings is 1. The zero-order chi connectivity index (χ0) is 18.3. The maximum atomic E-state index is 12.7. The standard InChI is InChI=1S/C19H12ClN3O3/c20-17-12(9-11-5-1-4-8-15(11)21-17)10-23-18(24)14-7-3-2-6-13(14)16(22-23)19(25)26/h1-9H,10H2,(H,25,26). The summed E-state index contributed by atoms with van der Waals surface area (Å²) in [6.45, 7) is 0.0284. The Bertz CT molecular complexity index is 1230. The summed E-state index contributed by atoms with van der Waals surface area (Å²) in [5.41, 5.74) is 0.776. The van der Waals surface area contributed by atoms with E-state index in [1.54, 1.807) is 24.3 Å². The molecule has 7 heteroatoms. The minimum absolute atomic E-state index is 0.0284. The average Bonchev–Trinajstić information content (AvgIpc) is 2.64. The molecule has 0 unspecified atom stereocenters. The summed E-state index contributed by atoms with van der Waals surface area (Å²) >= 11 is 6.26. The third-order valence-corrected chi connectivity index (χ3v) is 4.47. The lowest BCUT2D eigenvalue weighted by molar-refractivity contribution is 0.0690. The zero-order valence-electron chi connectivity index (χ0n) is 13.4. The van der Waals surface area contributed by atoms with E-state index in [0.29, 0.717) is 16.3 Å². The number of fused-ring (bicyclic) bond motifs is 2. The molecule has 0 amide bonds. The van der Waals surface area contributed by atoms with Crippen molar-refractivity contribution in [3.63, 3.8) is 0 Å². The molecule has 2 aromatic heterocycles. The molecule has 4 aromatic rings. The van der Waals surface area contributed by atoms with Gasteiger partial charge in [-0.3, -0.25) is 4.79 Å². The van der Waals surface area contributed by atoms with Crippen LogP contribution in [0.5, 0.6) is 0 Å². The van der Waals surface area contributed by atoms with Gasteiger partial charge in [0.2, 0.25) is 0 Å². The number of hydrogen-bond acceptors (Lipinski definition) is 4. The molecule has 128 valence electrons. The number of rotatable bonds is 3. The van der Waals surface area contributed by atoms with Gasteiger partial charge in [-0.15, -0.1) is 0 Å². The minimum Gasteiger partial charge on any atom is -0.476 e. The summed E-state index contributed by atoms with van der Waals surface area (Å²) in [7, 11) is 0. The molecular formula is C19H12ClN3O3. The Morgan fingerprint density at radius 2 is 1.77 bits per heavy atom. The summed E-state index contributed by atoms with van der Waals surface area (Å²) in [5.74, 6) is -1.20. The van der Waals surface area contributed by atoms with E-state index in [-0.39, 0.29) is 23.0 Å². The zero-order valence-corrected chi connectivity index (χ0v) is 14.1. The molecule has 0 aliphatic rings. The van der Waals surface area contributed by atoms with Gasteiger partial charge >= 0.3 is 5.97 Å². The highest BCUT2D eigenvalue weighted by atomic mass is 35.5. The fourth-order valence-corrected chi connectivity index (χ4v) is 3.11. The van der Waals surface area contributed by atoms with Crippen molar-refractivity contribution in [1.29, 1.82) is 0 Å². The number of aromatic carboxylic acids is 1. The van der Waals surface area contributed by atoms with E-state index in [0.717, 1.165) is 15.6 Å². The average molecular weight is 366 g/mol. The van der Waals surface area contributed by atoms with Gasteiger partial charge in [-0.2, -0.15) is 5.10 Å². The fourth-order valence-electron chi connectivity index (χ4n) is 2.91. The van der Waals surface area contributed by atoms with E-state index in [9.17, 15) is 14.7 Å². The lowest BCUT2D eigenvalue weighted by Gasteiger charge is -2.10. The first-order valence-electron chi connectivity index (χ1n) is 7.82. The van der Waals surface area contributed by atoms with E-state index in [1.807, 2.05) is 30.3 Å². The number of carbonyl (C=O) groups is 1. The first-order chi connectivity index (χ1) is 12.5. The van der Waals surface area contributed by atoms with Crippen molar-refractivity contribution < 1.29 is 9.90 Å². The van der Waals surface area contributed by atoms with Crippen molar-refractivity contribution in [2.75, 3.05) is 0 Å². The predicted molar refractivity (Wildman–Crippen MR) is 98.8 cm³/mol. The molecule has 1 N–H and O–H groups in total. The van der Waals surface area contributed by atoms with E-state index in [1.165, 1.54) is 0 Å². The Hall–Kier alpha value is -3.25. The molecule has 2 aromatic carbocycles. The molecule has 0 saturated heterocycles. The van der Waals surface area contributed by atoms with E-state index < -0.39 is 5.97 Å². The highest BCUT2D eigenvalue weighted by molar-refractivity contribution is 6.30. The van der Waals surface area contributed by atoms with Crippen molar-refractivity contribution in [2.45, 2.75) is 6.54 Å². The third kappa shape index (κ3) is 2.70. The van der Waals surface area contributed by atoms with Crippen LogP contribution in [0.3, 0.4) is 0 Å². The van der Waals surface area contributed by atoms with Gasteiger partial charge in [-0.25, -0.2) is 14.5 Å². The first-order valence-corrected chi connectivity index (χ1v) is 8.20. The molecule has 0 spiro atoms. The lowest BCUT2D eigenvalue weighted by atomic mass is 10.1. The number of para-hydroxylation sites is 1. The molecule has 2 heterocycles. The molecule has 4 rings (SSSR count). The van der Waals surface area contributed by atoms with Crippen LogP contribution >= 0.6 is 11.6 Å². The van der Waals surface area contributed by atoms with Crippen LogP contribution in [0.2, 0.25) is 5.15 Å². The Morgan fingerprint density at radius 3 is 2.54 bits per heavy atom. The van der Waals surface area contributed by atoms with Gasteiger partial charge in [0.25, 0.3) is 5.56 Å². The van der Waals surface area contributed by atoms with E-state index >= 15 is 0 Å². The van der Waals surface area contributed by atoms with Crippen LogP contribution in [0.15, 0.2) is 59.4 Å². The summed E-state index contributed by atoms with van der Waals surface area (Å²) in [5, 5.41) is 15.2. The second-order valence-electron chi connectivity index (χ2n) is 5.79. The van der Waals surface area contributed by atoms with E-state index in [4.69, 9.17) is 11.6 Å². The highest BCUT2D eigenvalue weighted by Gasteiger charge is 2.16. The molecule has 0 fully saturated rings. The summed E-state index contributed by atoms with van der Waals surface area (Å²) in [6.07, 6.45) is 0. The number of carboxylic acid groups (broad SMARTS) is 1. The van der Waals surface area contributed by atoms with Gasteiger partial charge in [0, 0.05) is 16.3 Å². The molecule has 0 aliphatic heterocycles. The van der Waals surface area contributed by atoms with Crippen molar-refractivity contribution >= 4 is 39.2 Å². The third-order valence-electron chi connectivity index (χ3n) is 4.14. The smallest absolute Gasteiger partial charge is 0.357 e. The minimum atomic E-state index is -1.20. The fraction of sp³-hybridized carbons (Fsp3) is 0.0526. The van der Waals surface area contributed by atoms with Crippen LogP contribution in [0.1, 0.15) is 16.1 Å². The first kappa shape index (κ1) is 16.2. The molecule has 6 nitrogen and oxygen atoms in total. The topological polar surface area (TPSA) is 85.1 Å². The summed E-state index contributed by atoms with van der Waals surface area (Å²) in [6, 6.07) is 15.8. The largest absolute Gasteiger partial charge is 0.476 e. The maximum Gasteiger partial charge on any atom is 0.357 e. The van der Waals surface area contributed by atoms with Crippen molar-refractivity contribution in [2.24, 2.45) is 0 Å². The molecule has 0 aliphatic carbocycles. The molecule has 0 saturated carbocycles. The van der Waals surface area contributed by atoms with Crippen molar-refractivity contribution in [3.05, 3.63) is 81.4 Å². The highest BCUT2D eigenvalue weighted by Crippen LogP contribution is 2.21. The number of halogens is 1. The van der Waals surface area contributed by atoms with E-state index in [2.05, 4.69) is 10.1 Å². The Labute approximate surface area is 152 Å². The number of nitrogens with zero attached hydrogens (tertiary/aromatic N) is 3. The SMILES string of the molecule is O=C(O)c1nn(Cc2cc3ccccc3nc2Cl)c(=O)c2ccccc12. The van der Waals surface area contributed by atoms with Crippen molar-refractivity contribution in [1.82, 2.24) is 14.8 Å². The Balaban J connectivity index is 1.90. The van der Waals surface area contributed by atoms with Gasteiger partial charge in [0.05, 0.1) is 17.4 Å². The second-order valence-corrected chi connectivity index (χ2v) is 6.15. The number of benzene rings is 2. The van der Waals surface area contributed by atoms with Crippen LogP contribution in [0.25, 0.3) is 21.7 Å². The molecule has 0 radical (unpaired) electrons. The number of aromatic nitrogens is 3. The van der Waals surface area contributed by atoms with Gasteiger partial charge in [0.15, 0.2) is 5.69 Å². The summed E-state index contributed by atoms with van der Waals surface area (Å²) < 4.78 is 1.11. The van der Waals surface area contributed by atoms with Crippen LogP contribution in [-0.2, 0) is 6.54 Å². The molecular weight excluding hydrogens is 354 g/mol. The van der Waals surface area contributed by atoms with Crippen LogP contribution in [-0.4, -0.2) is 25.8 Å². The van der Waals surface area contributed by atoms with Gasteiger partial charge in [-0.1, -0.05) is 48.0 Å². The van der Waals surface area contributed by atoms with Gasteiger partial charge < -0.3 is 5.11 Å². The van der Waals surface area contributed by atoms with Crippen LogP contribution < -0.4 is 5.56 Å². The maximum absolute atomic E-state index is 12.7. The second kappa shape index (κ2) is 6.24. The lowest BCUT2D eigenvalue weighted by Crippen LogP contribution is -2.26.